The first kappa shape index (κ1) is 14.1. The van der Waals surface area contributed by atoms with E-state index in [1.165, 1.54) is 10.4 Å². The van der Waals surface area contributed by atoms with Crippen LogP contribution in [0.2, 0.25) is 0 Å². The summed E-state index contributed by atoms with van der Waals surface area (Å²) in [4.78, 5) is 1.41. The molecule has 0 aliphatic heterocycles. The van der Waals surface area contributed by atoms with Crippen molar-refractivity contribution in [2.75, 3.05) is 6.61 Å². The van der Waals surface area contributed by atoms with Crippen molar-refractivity contribution in [1.82, 2.24) is 5.32 Å². The molecule has 19 heavy (non-hydrogen) atoms. The fourth-order valence-electron chi connectivity index (χ4n) is 2.09. The largest absolute Gasteiger partial charge is 0.494 e. The van der Waals surface area contributed by atoms with Gasteiger partial charge in [0, 0.05) is 17.5 Å². The average Bonchev–Trinajstić information content (AvgIpc) is 2.94. The molecule has 0 saturated heterocycles. The number of thiophene rings is 1. The summed E-state index contributed by atoms with van der Waals surface area (Å²) in [6.07, 6.45) is 1.10. The third kappa shape index (κ3) is 4.08. The lowest BCUT2D eigenvalue weighted by molar-refractivity contribution is 0.339. The van der Waals surface area contributed by atoms with Crippen LogP contribution >= 0.6 is 11.3 Å². The molecule has 1 unspecified atom stereocenters. The van der Waals surface area contributed by atoms with E-state index in [9.17, 15) is 0 Å². The molecule has 2 nitrogen and oxygen atoms in total. The Morgan fingerprint density at radius 2 is 2.11 bits per heavy atom. The number of rotatable bonds is 7. The molecule has 1 N–H and O–H groups in total. The molecule has 1 atom stereocenters. The summed E-state index contributed by atoms with van der Waals surface area (Å²) in [5.74, 6) is 0.950. The van der Waals surface area contributed by atoms with Crippen molar-refractivity contribution >= 4 is 11.3 Å². The number of nitrogens with one attached hydrogen (secondary N) is 1. The second kappa shape index (κ2) is 7.31. The van der Waals surface area contributed by atoms with Crippen LogP contribution in [0.3, 0.4) is 0 Å². The molecule has 0 spiro atoms. The molecule has 0 aliphatic rings. The van der Waals surface area contributed by atoms with Crippen LogP contribution in [0.25, 0.3) is 0 Å². The minimum Gasteiger partial charge on any atom is -0.494 e. The molecule has 102 valence electrons. The van der Waals surface area contributed by atoms with E-state index >= 15 is 0 Å². The van der Waals surface area contributed by atoms with E-state index in [0.29, 0.717) is 12.6 Å². The first-order valence-electron chi connectivity index (χ1n) is 6.82. The molecule has 2 rings (SSSR count). The predicted octanol–water partition coefficient (Wildman–Crippen LogP) is 4.39. The monoisotopic (exact) mass is 275 g/mol. The highest BCUT2D eigenvalue weighted by Crippen LogP contribution is 2.22. The van der Waals surface area contributed by atoms with E-state index in [4.69, 9.17) is 4.74 Å². The van der Waals surface area contributed by atoms with E-state index in [1.807, 2.05) is 30.4 Å². The van der Waals surface area contributed by atoms with Gasteiger partial charge in [0.1, 0.15) is 5.75 Å². The van der Waals surface area contributed by atoms with Crippen LogP contribution in [0.15, 0.2) is 41.8 Å². The van der Waals surface area contributed by atoms with Gasteiger partial charge in [-0.1, -0.05) is 25.1 Å². The summed E-state index contributed by atoms with van der Waals surface area (Å²) in [5, 5.41) is 5.75. The summed E-state index contributed by atoms with van der Waals surface area (Å²) in [5.41, 5.74) is 1.26. The van der Waals surface area contributed by atoms with Crippen molar-refractivity contribution in [2.24, 2.45) is 0 Å². The lowest BCUT2D eigenvalue weighted by atomic mass is 10.1. The molecular formula is C16H21NOS. The second-order valence-corrected chi connectivity index (χ2v) is 5.42. The van der Waals surface area contributed by atoms with Crippen LogP contribution in [-0.4, -0.2) is 6.61 Å². The van der Waals surface area contributed by atoms with E-state index < -0.39 is 0 Å². The Kier molecular flexibility index (Phi) is 5.43. The number of benzene rings is 1. The topological polar surface area (TPSA) is 21.3 Å². The van der Waals surface area contributed by atoms with Crippen molar-refractivity contribution < 1.29 is 4.74 Å². The summed E-state index contributed by atoms with van der Waals surface area (Å²) >= 11 is 1.81. The maximum Gasteiger partial charge on any atom is 0.119 e. The number of ether oxygens (including phenoxy) is 1. The van der Waals surface area contributed by atoms with Crippen molar-refractivity contribution in [3.63, 3.8) is 0 Å². The molecule has 2 aromatic rings. The normalized spacial score (nSPS) is 12.3. The first-order valence-corrected chi connectivity index (χ1v) is 7.70. The van der Waals surface area contributed by atoms with Crippen molar-refractivity contribution in [3.05, 3.63) is 52.2 Å². The predicted molar refractivity (Wildman–Crippen MR) is 81.8 cm³/mol. The van der Waals surface area contributed by atoms with E-state index in [-0.39, 0.29) is 0 Å². The van der Waals surface area contributed by atoms with Gasteiger partial charge in [-0.15, -0.1) is 11.3 Å². The van der Waals surface area contributed by atoms with E-state index in [1.54, 1.807) is 0 Å². The maximum absolute atomic E-state index is 5.53. The van der Waals surface area contributed by atoms with Gasteiger partial charge in [-0.05, 0) is 42.5 Å². The van der Waals surface area contributed by atoms with Gasteiger partial charge in [0.05, 0.1) is 6.61 Å². The molecule has 0 radical (unpaired) electrons. The molecular weight excluding hydrogens is 254 g/mol. The van der Waals surface area contributed by atoms with Gasteiger partial charge in [0.15, 0.2) is 0 Å². The molecule has 3 heteroatoms. The third-order valence-corrected chi connectivity index (χ3v) is 4.04. The summed E-state index contributed by atoms with van der Waals surface area (Å²) in [6, 6.07) is 13.0. The highest BCUT2D eigenvalue weighted by Gasteiger charge is 2.09. The Labute approximate surface area is 119 Å². The Morgan fingerprint density at radius 1 is 1.21 bits per heavy atom. The highest BCUT2D eigenvalue weighted by atomic mass is 32.1. The molecule has 0 bridgehead atoms. The highest BCUT2D eigenvalue weighted by molar-refractivity contribution is 7.10. The van der Waals surface area contributed by atoms with Crippen molar-refractivity contribution in [3.8, 4) is 5.75 Å². The van der Waals surface area contributed by atoms with Gasteiger partial charge in [0.2, 0.25) is 0 Å². The van der Waals surface area contributed by atoms with Gasteiger partial charge in [-0.25, -0.2) is 0 Å². The lowest BCUT2D eigenvalue weighted by Crippen LogP contribution is -2.19. The minimum absolute atomic E-state index is 0.441. The summed E-state index contributed by atoms with van der Waals surface area (Å²) in [6.45, 7) is 5.81. The van der Waals surface area contributed by atoms with Crippen LogP contribution < -0.4 is 10.1 Å². The van der Waals surface area contributed by atoms with Gasteiger partial charge >= 0.3 is 0 Å². The Hall–Kier alpha value is -1.32. The smallest absolute Gasteiger partial charge is 0.119 e. The van der Waals surface area contributed by atoms with Gasteiger partial charge < -0.3 is 10.1 Å². The summed E-state index contributed by atoms with van der Waals surface area (Å²) < 4.78 is 5.53. The van der Waals surface area contributed by atoms with Crippen LogP contribution in [0.5, 0.6) is 5.75 Å². The Morgan fingerprint density at radius 3 is 2.79 bits per heavy atom. The molecule has 0 amide bonds. The van der Waals surface area contributed by atoms with Crippen molar-refractivity contribution in [2.45, 2.75) is 32.9 Å². The molecule has 1 aromatic carbocycles. The van der Waals surface area contributed by atoms with Crippen LogP contribution in [0.1, 0.15) is 36.8 Å². The lowest BCUT2D eigenvalue weighted by Gasteiger charge is -2.15. The van der Waals surface area contributed by atoms with Gasteiger partial charge in [0.25, 0.3) is 0 Å². The molecule has 0 fully saturated rings. The van der Waals surface area contributed by atoms with E-state index in [0.717, 1.165) is 18.7 Å². The quantitative estimate of drug-likeness (QED) is 0.809. The fraction of sp³-hybridized carbons (Fsp3) is 0.375. The Balaban J connectivity index is 1.95. The Bertz CT molecular complexity index is 481. The van der Waals surface area contributed by atoms with Gasteiger partial charge in [-0.3, -0.25) is 0 Å². The van der Waals surface area contributed by atoms with Gasteiger partial charge in [-0.2, -0.15) is 0 Å². The fourth-order valence-corrected chi connectivity index (χ4v) is 2.97. The van der Waals surface area contributed by atoms with Crippen molar-refractivity contribution in [1.29, 1.82) is 0 Å². The standard InChI is InChI=1S/C16H21NOS/c1-3-15(16-9-6-10-19-16)17-12-13-7-5-8-14(11-13)18-4-2/h5-11,15,17H,3-4,12H2,1-2H3. The zero-order valence-electron chi connectivity index (χ0n) is 11.6. The minimum atomic E-state index is 0.441. The van der Waals surface area contributed by atoms with Crippen LogP contribution in [0, 0.1) is 0 Å². The average molecular weight is 275 g/mol. The maximum atomic E-state index is 5.53. The number of hydrogen-bond donors (Lipinski definition) is 1. The first-order chi connectivity index (χ1) is 9.33. The molecule has 0 aliphatic carbocycles. The van der Waals surface area contributed by atoms with Crippen LogP contribution in [-0.2, 0) is 6.54 Å². The molecule has 1 aromatic heterocycles. The zero-order chi connectivity index (χ0) is 13.5. The van der Waals surface area contributed by atoms with Crippen LogP contribution in [0.4, 0.5) is 0 Å². The number of hydrogen-bond acceptors (Lipinski definition) is 3. The summed E-state index contributed by atoms with van der Waals surface area (Å²) in [7, 11) is 0. The third-order valence-electron chi connectivity index (χ3n) is 3.06. The SMILES string of the molecule is CCOc1cccc(CNC(CC)c2cccs2)c1. The molecule has 0 saturated carbocycles. The van der Waals surface area contributed by atoms with E-state index in [2.05, 4.69) is 41.9 Å². The second-order valence-electron chi connectivity index (χ2n) is 4.44. The zero-order valence-corrected chi connectivity index (χ0v) is 12.4. The molecule has 1 heterocycles.